The van der Waals surface area contributed by atoms with Crippen LogP contribution in [0.1, 0.15) is 18.1 Å². The number of rotatable bonds is 4. The van der Waals surface area contributed by atoms with Gasteiger partial charge in [0.1, 0.15) is 0 Å². The van der Waals surface area contributed by atoms with Crippen LogP contribution in [-0.4, -0.2) is 19.0 Å². The van der Waals surface area contributed by atoms with Crippen molar-refractivity contribution >= 4 is 5.96 Å². The highest BCUT2D eigenvalue weighted by molar-refractivity contribution is 5.77. The zero-order chi connectivity index (χ0) is 11.1. The molecular weight excluding hydrogens is 186 g/mol. The maximum Gasteiger partial charge on any atom is 0.188 e. The van der Waals surface area contributed by atoms with Crippen molar-refractivity contribution in [3.8, 4) is 0 Å². The van der Waals surface area contributed by atoms with Crippen LogP contribution in [-0.2, 0) is 6.42 Å². The quantitative estimate of drug-likeness (QED) is 0.577. The van der Waals surface area contributed by atoms with E-state index in [1.54, 1.807) is 0 Å². The maximum atomic E-state index is 5.62. The molecule has 0 fully saturated rings. The van der Waals surface area contributed by atoms with E-state index in [1.165, 1.54) is 11.1 Å². The smallest absolute Gasteiger partial charge is 0.188 e. The molecule has 0 saturated carbocycles. The topological polar surface area (TPSA) is 50.4 Å². The molecule has 0 heterocycles. The van der Waals surface area contributed by atoms with E-state index in [4.69, 9.17) is 5.73 Å². The highest BCUT2D eigenvalue weighted by Gasteiger charge is 1.93. The van der Waals surface area contributed by atoms with Gasteiger partial charge in [0.25, 0.3) is 0 Å². The van der Waals surface area contributed by atoms with E-state index in [1.807, 2.05) is 6.92 Å². The molecule has 82 valence electrons. The van der Waals surface area contributed by atoms with Gasteiger partial charge in [0, 0.05) is 13.1 Å². The second-order valence-corrected chi connectivity index (χ2v) is 3.54. The molecule has 3 N–H and O–H groups in total. The van der Waals surface area contributed by atoms with Gasteiger partial charge in [-0.2, -0.15) is 0 Å². The Hall–Kier alpha value is -1.51. The Labute approximate surface area is 91.4 Å². The molecule has 0 bridgehead atoms. The summed E-state index contributed by atoms with van der Waals surface area (Å²) in [5.74, 6) is 0.533. The van der Waals surface area contributed by atoms with Gasteiger partial charge in [0.15, 0.2) is 5.96 Å². The summed E-state index contributed by atoms with van der Waals surface area (Å²) in [4.78, 5) is 4.22. The SMILES string of the molecule is CCNC(N)=NCCc1cccc(C)c1. The number of hydrogen-bond acceptors (Lipinski definition) is 1. The van der Waals surface area contributed by atoms with Crippen LogP contribution in [0.5, 0.6) is 0 Å². The van der Waals surface area contributed by atoms with Crippen LogP contribution in [0.25, 0.3) is 0 Å². The Balaban J connectivity index is 2.40. The average Bonchev–Trinajstić information content (AvgIpc) is 2.18. The van der Waals surface area contributed by atoms with Crippen molar-refractivity contribution in [3.05, 3.63) is 35.4 Å². The van der Waals surface area contributed by atoms with Crippen molar-refractivity contribution in [2.75, 3.05) is 13.1 Å². The van der Waals surface area contributed by atoms with Crippen LogP contribution < -0.4 is 11.1 Å². The second-order valence-electron chi connectivity index (χ2n) is 3.54. The van der Waals surface area contributed by atoms with Gasteiger partial charge in [0.05, 0.1) is 0 Å². The van der Waals surface area contributed by atoms with Gasteiger partial charge in [-0.3, -0.25) is 4.99 Å². The minimum Gasteiger partial charge on any atom is -0.370 e. The lowest BCUT2D eigenvalue weighted by Gasteiger charge is -2.02. The maximum absolute atomic E-state index is 5.62. The Morgan fingerprint density at radius 3 is 2.93 bits per heavy atom. The summed E-state index contributed by atoms with van der Waals surface area (Å²) in [6.45, 7) is 5.66. The molecule has 0 atom stereocenters. The first-order valence-corrected chi connectivity index (χ1v) is 5.31. The number of nitrogens with zero attached hydrogens (tertiary/aromatic N) is 1. The Morgan fingerprint density at radius 1 is 1.47 bits per heavy atom. The molecule has 0 aliphatic rings. The largest absolute Gasteiger partial charge is 0.370 e. The molecule has 0 spiro atoms. The average molecular weight is 205 g/mol. The molecule has 1 rings (SSSR count). The fourth-order valence-corrected chi connectivity index (χ4v) is 1.41. The Morgan fingerprint density at radius 2 is 2.27 bits per heavy atom. The van der Waals surface area contributed by atoms with Gasteiger partial charge in [-0.25, -0.2) is 0 Å². The summed E-state index contributed by atoms with van der Waals surface area (Å²) in [5.41, 5.74) is 8.21. The summed E-state index contributed by atoms with van der Waals surface area (Å²) in [6, 6.07) is 8.46. The number of nitrogens with one attached hydrogen (secondary N) is 1. The van der Waals surface area contributed by atoms with Crippen LogP contribution in [0.2, 0.25) is 0 Å². The van der Waals surface area contributed by atoms with E-state index in [2.05, 4.69) is 41.5 Å². The van der Waals surface area contributed by atoms with Gasteiger partial charge >= 0.3 is 0 Å². The molecule has 0 radical (unpaired) electrons. The highest BCUT2D eigenvalue weighted by atomic mass is 15.1. The molecule has 0 aromatic heterocycles. The predicted molar refractivity (Wildman–Crippen MR) is 65.0 cm³/mol. The zero-order valence-electron chi connectivity index (χ0n) is 9.46. The van der Waals surface area contributed by atoms with Gasteiger partial charge in [0.2, 0.25) is 0 Å². The summed E-state index contributed by atoms with van der Waals surface area (Å²) < 4.78 is 0. The van der Waals surface area contributed by atoms with Gasteiger partial charge in [-0.15, -0.1) is 0 Å². The number of guanidine groups is 1. The number of benzene rings is 1. The van der Waals surface area contributed by atoms with Crippen molar-refractivity contribution in [3.63, 3.8) is 0 Å². The predicted octanol–water partition coefficient (Wildman–Crippen LogP) is 1.46. The van der Waals surface area contributed by atoms with Gasteiger partial charge in [-0.05, 0) is 25.8 Å². The lowest BCUT2D eigenvalue weighted by atomic mass is 10.1. The van der Waals surface area contributed by atoms with Crippen LogP contribution in [0.4, 0.5) is 0 Å². The highest BCUT2D eigenvalue weighted by Crippen LogP contribution is 2.04. The van der Waals surface area contributed by atoms with E-state index in [-0.39, 0.29) is 0 Å². The van der Waals surface area contributed by atoms with Gasteiger partial charge in [-0.1, -0.05) is 29.8 Å². The minimum absolute atomic E-state index is 0.533. The van der Waals surface area contributed by atoms with Crippen LogP contribution in [0.15, 0.2) is 29.3 Å². The van der Waals surface area contributed by atoms with Crippen molar-refractivity contribution in [2.45, 2.75) is 20.3 Å². The number of hydrogen-bond donors (Lipinski definition) is 2. The van der Waals surface area contributed by atoms with Crippen LogP contribution in [0.3, 0.4) is 0 Å². The van der Waals surface area contributed by atoms with E-state index in [0.29, 0.717) is 5.96 Å². The lowest BCUT2D eigenvalue weighted by Crippen LogP contribution is -2.31. The fraction of sp³-hybridized carbons (Fsp3) is 0.417. The molecule has 0 amide bonds. The molecule has 1 aromatic rings. The van der Waals surface area contributed by atoms with E-state index < -0.39 is 0 Å². The van der Waals surface area contributed by atoms with E-state index in [9.17, 15) is 0 Å². The van der Waals surface area contributed by atoms with Gasteiger partial charge < -0.3 is 11.1 Å². The Bertz CT molecular complexity index is 331. The number of aryl methyl sites for hydroxylation is 1. The van der Waals surface area contributed by atoms with Crippen molar-refractivity contribution in [2.24, 2.45) is 10.7 Å². The molecule has 0 aliphatic carbocycles. The van der Waals surface area contributed by atoms with Crippen LogP contribution >= 0.6 is 0 Å². The van der Waals surface area contributed by atoms with Crippen LogP contribution in [0, 0.1) is 6.92 Å². The first kappa shape index (κ1) is 11.6. The normalized spacial score (nSPS) is 11.5. The molecule has 0 aliphatic heterocycles. The van der Waals surface area contributed by atoms with E-state index >= 15 is 0 Å². The molecule has 0 unspecified atom stereocenters. The third kappa shape index (κ3) is 4.49. The second kappa shape index (κ2) is 6.06. The minimum atomic E-state index is 0.533. The van der Waals surface area contributed by atoms with Crippen molar-refractivity contribution in [1.29, 1.82) is 0 Å². The molecule has 0 saturated heterocycles. The fourth-order valence-electron chi connectivity index (χ4n) is 1.41. The number of aliphatic imine (C=N–C) groups is 1. The summed E-state index contributed by atoms with van der Waals surface area (Å²) in [7, 11) is 0. The standard InChI is InChI=1S/C12H19N3/c1-3-14-12(13)15-8-7-11-6-4-5-10(2)9-11/h4-6,9H,3,7-8H2,1-2H3,(H3,13,14,15). The third-order valence-electron chi connectivity index (χ3n) is 2.12. The molecule has 3 nitrogen and oxygen atoms in total. The summed E-state index contributed by atoms with van der Waals surface area (Å²) >= 11 is 0. The molecule has 15 heavy (non-hydrogen) atoms. The van der Waals surface area contributed by atoms with E-state index in [0.717, 1.165) is 19.5 Å². The monoisotopic (exact) mass is 205 g/mol. The first-order chi connectivity index (χ1) is 7.22. The molecule has 3 heteroatoms. The third-order valence-corrected chi connectivity index (χ3v) is 2.12. The van der Waals surface area contributed by atoms with Crippen molar-refractivity contribution in [1.82, 2.24) is 5.32 Å². The van der Waals surface area contributed by atoms with Crippen molar-refractivity contribution < 1.29 is 0 Å². The molecule has 1 aromatic carbocycles. The Kier molecular flexibility index (Phi) is 4.68. The summed E-state index contributed by atoms with van der Waals surface area (Å²) in [5, 5.41) is 2.97. The lowest BCUT2D eigenvalue weighted by molar-refractivity contribution is 0.905. The first-order valence-electron chi connectivity index (χ1n) is 5.31. The summed E-state index contributed by atoms with van der Waals surface area (Å²) in [6.07, 6.45) is 0.938. The number of nitrogens with two attached hydrogens (primary N) is 1. The molecular formula is C12H19N3. The zero-order valence-corrected chi connectivity index (χ0v) is 9.46.